The lowest BCUT2D eigenvalue weighted by atomic mass is 10.0. The molecule has 0 aliphatic heterocycles. The smallest absolute Gasteiger partial charge is 0.256 e. The summed E-state index contributed by atoms with van der Waals surface area (Å²) in [5.41, 5.74) is 5.04. The highest BCUT2D eigenvalue weighted by molar-refractivity contribution is 8.10. The lowest BCUT2D eigenvalue weighted by Gasteiger charge is -2.09. The van der Waals surface area contributed by atoms with Crippen LogP contribution in [0.2, 0.25) is 0 Å². The molecule has 0 atom stereocenters. The molecule has 0 radical (unpaired) electrons. The van der Waals surface area contributed by atoms with E-state index in [1.165, 1.54) is 21.6 Å². The van der Waals surface area contributed by atoms with Crippen LogP contribution in [0.15, 0.2) is 66.9 Å². The van der Waals surface area contributed by atoms with Crippen LogP contribution in [0, 0.1) is 13.8 Å². The number of benzene rings is 1. The topological polar surface area (TPSA) is 42.0 Å². The monoisotopic (exact) mass is 406 g/mol. The van der Waals surface area contributed by atoms with Gasteiger partial charge in [-0.25, -0.2) is 0 Å². The molecule has 2 aromatic heterocycles. The Kier molecular flexibility index (Phi) is 6.49. The van der Waals surface area contributed by atoms with E-state index in [1.807, 2.05) is 25.3 Å². The van der Waals surface area contributed by atoms with Crippen LogP contribution in [0.25, 0.3) is 15.3 Å². The van der Waals surface area contributed by atoms with E-state index in [0.717, 1.165) is 15.4 Å². The van der Waals surface area contributed by atoms with Crippen molar-refractivity contribution in [1.29, 1.82) is 0 Å². The number of aryl methyl sites for hydroxylation is 2. The normalized spacial score (nSPS) is 11.3. The molecule has 0 aliphatic rings. The molecule has 0 spiro atoms. The van der Waals surface area contributed by atoms with E-state index in [9.17, 15) is 4.79 Å². The number of carbonyl (C=O) groups excluding carboxylic acids is 1. The van der Waals surface area contributed by atoms with E-state index in [-0.39, 0.29) is 5.91 Å². The Morgan fingerprint density at radius 3 is 2.71 bits per heavy atom. The molecule has 0 saturated carbocycles. The van der Waals surface area contributed by atoms with Gasteiger partial charge in [-0.3, -0.25) is 9.78 Å². The minimum atomic E-state index is -0.114. The molecule has 1 N–H and O–H groups in total. The third-order valence-corrected chi connectivity index (χ3v) is 6.29. The first-order chi connectivity index (χ1) is 13.5. The van der Waals surface area contributed by atoms with Crippen LogP contribution in [-0.4, -0.2) is 10.9 Å². The van der Waals surface area contributed by atoms with Gasteiger partial charge in [-0.1, -0.05) is 36.5 Å². The van der Waals surface area contributed by atoms with Crippen LogP contribution < -0.4 is 5.32 Å². The molecule has 28 heavy (non-hydrogen) atoms. The Balaban J connectivity index is 1.87. The molecule has 0 fully saturated rings. The number of aromatic nitrogens is 1. The first-order valence-corrected chi connectivity index (χ1v) is 10.6. The van der Waals surface area contributed by atoms with Gasteiger partial charge in [0.05, 0.1) is 5.00 Å². The van der Waals surface area contributed by atoms with Gasteiger partial charge < -0.3 is 5.32 Å². The summed E-state index contributed by atoms with van der Waals surface area (Å²) >= 11 is 3.19. The van der Waals surface area contributed by atoms with Gasteiger partial charge >= 0.3 is 0 Å². The number of amides is 1. The summed E-state index contributed by atoms with van der Waals surface area (Å²) in [7, 11) is 0. The van der Waals surface area contributed by atoms with Gasteiger partial charge in [-0.15, -0.1) is 11.3 Å². The molecule has 0 saturated heterocycles. The molecular weight excluding hydrogens is 384 g/mol. The number of nitrogens with zero attached hydrogens (tertiary/aromatic N) is 1. The van der Waals surface area contributed by atoms with Crippen LogP contribution in [0.4, 0.5) is 5.00 Å². The maximum Gasteiger partial charge on any atom is 0.256 e. The Morgan fingerprint density at radius 1 is 1.18 bits per heavy atom. The van der Waals surface area contributed by atoms with Crippen LogP contribution in [0.3, 0.4) is 0 Å². The van der Waals surface area contributed by atoms with Crippen LogP contribution in [0.1, 0.15) is 34.0 Å². The zero-order valence-corrected chi connectivity index (χ0v) is 17.8. The third-order valence-electron chi connectivity index (χ3n) is 4.37. The molecule has 0 bridgehead atoms. The number of anilines is 1. The van der Waals surface area contributed by atoms with E-state index in [4.69, 9.17) is 0 Å². The Hall–Kier alpha value is -2.63. The summed E-state index contributed by atoms with van der Waals surface area (Å²) in [5.74, 6) is -0.114. The van der Waals surface area contributed by atoms with Crippen LogP contribution >= 0.6 is 23.1 Å². The molecule has 142 valence electrons. The second-order valence-corrected chi connectivity index (χ2v) is 8.37. The first kappa shape index (κ1) is 20.1. The van der Waals surface area contributed by atoms with Crippen molar-refractivity contribution in [2.24, 2.45) is 0 Å². The second kappa shape index (κ2) is 9.04. The highest BCUT2D eigenvalue weighted by Crippen LogP contribution is 2.37. The van der Waals surface area contributed by atoms with Crippen LogP contribution in [-0.2, 0) is 0 Å². The Bertz CT molecular complexity index is 1050. The molecule has 1 amide bonds. The number of hydrogen-bond acceptors (Lipinski definition) is 4. The molecule has 5 heteroatoms. The summed E-state index contributed by atoms with van der Waals surface area (Å²) in [5, 5.41) is 5.67. The zero-order chi connectivity index (χ0) is 20.1. The number of rotatable bonds is 6. The minimum absolute atomic E-state index is 0.114. The van der Waals surface area contributed by atoms with E-state index >= 15 is 0 Å². The summed E-state index contributed by atoms with van der Waals surface area (Å²) < 4.78 is 0. The number of hydrogen-bond donors (Lipinski definition) is 1. The number of pyridine rings is 1. The van der Waals surface area contributed by atoms with Crippen molar-refractivity contribution < 1.29 is 4.79 Å². The number of allylic oxidation sites excluding steroid dienone is 1. The van der Waals surface area contributed by atoms with E-state index in [0.29, 0.717) is 5.56 Å². The molecule has 1 aromatic carbocycles. The summed E-state index contributed by atoms with van der Waals surface area (Å²) in [4.78, 5) is 18.9. The van der Waals surface area contributed by atoms with Crippen LogP contribution in [0.5, 0.6) is 0 Å². The minimum Gasteiger partial charge on any atom is -0.314 e. The van der Waals surface area contributed by atoms with Gasteiger partial charge in [-0.2, -0.15) is 0 Å². The average Bonchev–Trinajstić information content (AvgIpc) is 3.15. The van der Waals surface area contributed by atoms with Gasteiger partial charge in [0.15, 0.2) is 0 Å². The molecule has 2 heterocycles. The molecule has 0 aliphatic carbocycles. The number of thioether (sulfide) groups is 1. The molecule has 3 aromatic rings. The van der Waals surface area contributed by atoms with Crippen molar-refractivity contribution >= 4 is 38.9 Å². The summed E-state index contributed by atoms with van der Waals surface area (Å²) in [6.45, 7) is 9.84. The van der Waals surface area contributed by atoms with Gasteiger partial charge in [0.1, 0.15) is 0 Å². The average molecular weight is 407 g/mol. The van der Waals surface area contributed by atoms with Gasteiger partial charge in [0, 0.05) is 27.7 Å². The Labute approximate surface area is 174 Å². The molecule has 0 unspecified atom stereocenters. The highest BCUT2D eigenvalue weighted by atomic mass is 32.2. The first-order valence-electron chi connectivity index (χ1n) is 8.90. The lowest BCUT2D eigenvalue weighted by molar-refractivity contribution is 0.102. The maximum atomic E-state index is 12.5. The van der Waals surface area contributed by atoms with Crippen molar-refractivity contribution in [3.8, 4) is 10.4 Å². The third kappa shape index (κ3) is 4.43. The van der Waals surface area contributed by atoms with Crippen molar-refractivity contribution in [3.05, 3.63) is 89.1 Å². The molecule has 3 nitrogen and oxygen atoms in total. The van der Waals surface area contributed by atoms with Crippen molar-refractivity contribution in [1.82, 2.24) is 4.98 Å². The second-order valence-electron chi connectivity index (χ2n) is 6.28. The number of nitrogens with one attached hydrogen (secondary N) is 1. The number of carbonyl (C=O) groups is 1. The van der Waals surface area contributed by atoms with Gasteiger partial charge in [-0.05, 0) is 72.7 Å². The molecular formula is C23H22N2OS2. The van der Waals surface area contributed by atoms with E-state index in [1.54, 1.807) is 41.6 Å². The van der Waals surface area contributed by atoms with Crippen molar-refractivity contribution in [2.45, 2.75) is 20.8 Å². The predicted molar refractivity (Wildman–Crippen MR) is 123 cm³/mol. The summed E-state index contributed by atoms with van der Waals surface area (Å²) in [6.07, 6.45) is 5.43. The maximum absolute atomic E-state index is 12.5. The van der Waals surface area contributed by atoms with Crippen molar-refractivity contribution in [3.63, 3.8) is 0 Å². The zero-order valence-electron chi connectivity index (χ0n) is 16.2. The predicted octanol–water partition coefficient (Wildman–Crippen LogP) is 6.92. The van der Waals surface area contributed by atoms with Gasteiger partial charge in [0.2, 0.25) is 0 Å². The lowest BCUT2D eigenvalue weighted by Crippen LogP contribution is -2.12. The number of thiophene rings is 1. The van der Waals surface area contributed by atoms with E-state index in [2.05, 4.69) is 54.1 Å². The van der Waals surface area contributed by atoms with E-state index < -0.39 is 0 Å². The molecule has 3 rings (SSSR count). The quantitative estimate of drug-likeness (QED) is 0.483. The SMILES string of the molecule is C=CS/C(=C\C)c1ccc(C)c(-c2ccc(NC(=O)c3ccncc3C)s2)c1. The van der Waals surface area contributed by atoms with Crippen molar-refractivity contribution in [2.75, 3.05) is 5.32 Å². The fraction of sp³-hybridized carbons (Fsp3) is 0.130. The fourth-order valence-electron chi connectivity index (χ4n) is 2.89. The van der Waals surface area contributed by atoms with Gasteiger partial charge in [0.25, 0.3) is 5.91 Å². The largest absolute Gasteiger partial charge is 0.314 e. The standard InChI is InChI=1S/C23H22N2OS2/c1-5-20(27-6-2)17-8-7-15(3)19(13-17)21-9-10-22(28-21)25-23(26)18-11-12-24-14-16(18)4/h5-14H,2H2,1,3-4H3,(H,25,26)/b20-5-. The summed E-state index contributed by atoms with van der Waals surface area (Å²) in [6, 6.07) is 12.2. The highest BCUT2D eigenvalue weighted by Gasteiger charge is 2.13. The fourth-order valence-corrected chi connectivity index (χ4v) is 4.45. The Morgan fingerprint density at radius 2 is 2.00 bits per heavy atom.